The van der Waals surface area contributed by atoms with E-state index < -0.39 is 5.92 Å². The Bertz CT molecular complexity index is 1570. The highest BCUT2D eigenvalue weighted by Gasteiger charge is 2.41. The van der Waals surface area contributed by atoms with Crippen LogP contribution in [0.5, 0.6) is 23.0 Å². The number of hydrogen-bond donors (Lipinski definition) is 3. The van der Waals surface area contributed by atoms with Crippen LogP contribution in [-0.4, -0.2) is 38.1 Å². The molecule has 0 saturated carbocycles. The SMILES string of the molecule is COc1ccc([C@H]2C(C(=O)Nc3ccc(C)cc3)=C(C)NC3=C2C(=O)C[C@H](c2ccc(OC)c(OC)c2)C3)cc1O. The van der Waals surface area contributed by atoms with E-state index in [0.717, 1.165) is 16.8 Å². The number of allylic oxidation sites excluding steroid dienone is 3. The van der Waals surface area contributed by atoms with Gasteiger partial charge in [0.25, 0.3) is 5.91 Å². The molecule has 3 aromatic carbocycles. The average molecular weight is 555 g/mol. The lowest BCUT2D eigenvalue weighted by atomic mass is 9.71. The van der Waals surface area contributed by atoms with Crippen LogP contribution in [-0.2, 0) is 9.59 Å². The number of carbonyl (C=O) groups is 2. The minimum absolute atomic E-state index is 0.0620. The number of rotatable bonds is 7. The summed E-state index contributed by atoms with van der Waals surface area (Å²) in [5.74, 6) is 0.330. The topological polar surface area (TPSA) is 106 Å². The zero-order chi connectivity index (χ0) is 29.3. The molecule has 1 heterocycles. The van der Waals surface area contributed by atoms with Crippen molar-refractivity contribution in [2.24, 2.45) is 0 Å². The number of phenolic OH excluding ortho intramolecular Hbond substituents is 1. The molecule has 1 amide bonds. The van der Waals surface area contributed by atoms with Crippen LogP contribution in [0.2, 0.25) is 0 Å². The molecule has 0 radical (unpaired) electrons. The highest BCUT2D eigenvalue weighted by atomic mass is 16.5. The molecule has 0 fully saturated rings. The number of methoxy groups -OCH3 is 3. The number of hydrogen-bond acceptors (Lipinski definition) is 7. The van der Waals surface area contributed by atoms with Crippen LogP contribution in [0.25, 0.3) is 0 Å². The Morgan fingerprint density at radius 3 is 2.17 bits per heavy atom. The molecule has 41 heavy (non-hydrogen) atoms. The summed E-state index contributed by atoms with van der Waals surface area (Å²) in [7, 11) is 4.65. The molecule has 0 unspecified atom stereocenters. The predicted molar refractivity (Wildman–Crippen MR) is 157 cm³/mol. The summed E-state index contributed by atoms with van der Waals surface area (Å²) in [4.78, 5) is 27.8. The lowest BCUT2D eigenvalue weighted by Crippen LogP contribution is -2.37. The summed E-state index contributed by atoms with van der Waals surface area (Å²) in [5.41, 5.74) is 5.70. The standard InChI is InChI=1S/C33H34N2O6/c1-18-6-10-23(11-7-18)35-33(38)30-19(2)34-24-14-22(20-8-13-28(40-4)29(17-20)41-5)16-26(37)32(24)31(30)21-9-12-27(39-3)25(36)15-21/h6-13,15,17,22,31,34,36H,14,16H2,1-5H3,(H,35,38)/t22-,31+/m1/s1. The number of aryl methyl sites for hydroxylation is 1. The molecule has 0 saturated heterocycles. The number of phenols is 1. The van der Waals surface area contributed by atoms with Gasteiger partial charge in [0.1, 0.15) is 0 Å². The van der Waals surface area contributed by atoms with Crippen molar-refractivity contribution in [3.05, 3.63) is 99.9 Å². The van der Waals surface area contributed by atoms with Crippen molar-refractivity contribution in [1.29, 1.82) is 0 Å². The van der Waals surface area contributed by atoms with E-state index in [-0.39, 0.29) is 29.8 Å². The molecule has 3 N–H and O–H groups in total. The van der Waals surface area contributed by atoms with E-state index in [9.17, 15) is 14.7 Å². The minimum atomic E-state index is -0.674. The molecule has 2 aliphatic rings. The first-order chi connectivity index (χ1) is 19.7. The van der Waals surface area contributed by atoms with Crippen LogP contribution in [0, 0.1) is 6.92 Å². The number of benzene rings is 3. The lowest BCUT2D eigenvalue weighted by molar-refractivity contribution is -0.116. The highest BCUT2D eigenvalue weighted by molar-refractivity contribution is 6.10. The van der Waals surface area contributed by atoms with Crippen molar-refractivity contribution < 1.29 is 28.9 Å². The summed E-state index contributed by atoms with van der Waals surface area (Å²) in [6.07, 6.45) is 0.833. The number of ketones is 1. The van der Waals surface area contributed by atoms with Gasteiger partial charge in [-0.15, -0.1) is 0 Å². The van der Waals surface area contributed by atoms with Gasteiger partial charge in [-0.1, -0.05) is 29.8 Å². The third kappa shape index (κ3) is 5.37. The van der Waals surface area contributed by atoms with Crippen molar-refractivity contribution in [2.45, 2.75) is 38.5 Å². The normalized spacial score (nSPS) is 18.4. The van der Waals surface area contributed by atoms with Gasteiger partial charge in [-0.25, -0.2) is 0 Å². The molecule has 8 nitrogen and oxygen atoms in total. The van der Waals surface area contributed by atoms with E-state index in [4.69, 9.17) is 14.2 Å². The summed E-state index contributed by atoms with van der Waals surface area (Å²) in [5, 5.41) is 17.0. The van der Waals surface area contributed by atoms with Crippen LogP contribution < -0.4 is 24.8 Å². The zero-order valence-corrected chi connectivity index (χ0v) is 23.8. The number of amides is 1. The molecule has 8 heteroatoms. The van der Waals surface area contributed by atoms with E-state index in [2.05, 4.69) is 10.6 Å². The summed E-state index contributed by atoms with van der Waals surface area (Å²) in [6, 6.07) is 18.3. The highest BCUT2D eigenvalue weighted by Crippen LogP contribution is 2.47. The molecule has 0 aromatic heterocycles. The van der Waals surface area contributed by atoms with Gasteiger partial charge in [0.2, 0.25) is 0 Å². The first-order valence-corrected chi connectivity index (χ1v) is 13.4. The molecule has 1 aliphatic carbocycles. The van der Waals surface area contributed by atoms with Crippen molar-refractivity contribution in [3.8, 4) is 23.0 Å². The van der Waals surface area contributed by atoms with Gasteiger partial charge in [0, 0.05) is 40.6 Å². The van der Waals surface area contributed by atoms with Crippen molar-refractivity contribution in [1.82, 2.24) is 5.32 Å². The summed E-state index contributed by atoms with van der Waals surface area (Å²) >= 11 is 0. The Labute approximate surface area is 239 Å². The van der Waals surface area contributed by atoms with Crippen LogP contribution in [0.4, 0.5) is 5.69 Å². The molecule has 3 aromatic rings. The van der Waals surface area contributed by atoms with Crippen LogP contribution in [0.15, 0.2) is 83.2 Å². The van der Waals surface area contributed by atoms with Gasteiger partial charge in [-0.05, 0) is 73.7 Å². The van der Waals surface area contributed by atoms with Gasteiger partial charge in [0.15, 0.2) is 28.8 Å². The minimum Gasteiger partial charge on any atom is -0.504 e. The number of carbonyl (C=O) groups excluding carboxylic acids is 2. The second kappa shape index (κ2) is 11.4. The Hall–Kier alpha value is -4.72. The van der Waals surface area contributed by atoms with Crippen molar-refractivity contribution in [3.63, 3.8) is 0 Å². The maximum absolute atomic E-state index is 14.0. The predicted octanol–water partition coefficient (Wildman–Crippen LogP) is 5.73. The maximum Gasteiger partial charge on any atom is 0.254 e. The Morgan fingerprint density at radius 1 is 0.854 bits per heavy atom. The van der Waals surface area contributed by atoms with Crippen LogP contribution >= 0.6 is 0 Å². The fourth-order valence-corrected chi connectivity index (χ4v) is 5.74. The number of dihydropyridines is 1. The van der Waals surface area contributed by atoms with E-state index in [1.807, 2.05) is 56.3 Å². The Morgan fingerprint density at radius 2 is 1.51 bits per heavy atom. The zero-order valence-electron chi connectivity index (χ0n) is 23.8. The largest absolute Gasteiger partial charge is 0.504 e. The monoisotopic (exact) mass is 554 g/mol. The molecule has 5 rings (SSSR count). The third-order valence-electron chi connectivity index (χ3n) is 7.80. The quantitative estimate of drug-likeness (QED) is 0.343. The Kier molecular flexibility index (Phi) is 7.75. The molecule has 0 spiro atoms. The van der Waals surface area contributed by atoms with Crippen molar-refractivity contribution in [2.75, 3.05) is 26.6 Å². The van der Waals surface area contributed by atoms with E-state index in [1.54, 1.807) is 32.4 Å². The lowest BCUT2D eigenvalue weighted by Gasteiger charge is -2.37. The van der Waals surface area contributed by atoms with Gasteiger partial charge < -0.3 is 30.0 Å². The van der Waals surface area contributed by atoms with Crippen LogP contribution in [0.3, 0.4) is 0 Å². The third-order valence-corrected chi connectivity index (χ3v) is 7.80. The fraction of sp³-hybridized carbons (Fsp3) is 0.273. The summed E-state index contributed by atoms with van der Waals surface area (Å²) in [6.45, 7) is 3.82. The second-order valence-corrected chi connectivity index (χ2v) is 10.4. The first kappa shape index (κ1) is 27.8. The van der Waals surface area contributed by atoms with E-state index in [0.29, 0.717) is 51.8 Å². The maximum atomic E-state index is 14.0. The molecule has 0 bridgehead atoms. The van der Waals surface area contributed by atoms with Gasteiger partial charge in [-0.2, -0.15) is 0 Å². The molecular weight excluding hydrogens is 520 g/mol. The van der Waals surface area contributed by atoms with E-state index >= 15 is 0 Å². The fourth-order valence-electron chi connectivity index (χ4n) is 5.74. The first-order valence-electron chi connectivity index (χ1n) is 13.4. The molecule has 212 valence electrons. The van der Waals surface area contributed by atoms with Crippen molar-refractivity contribution >= 4 is 17.4 Å². The van der Waals surface area contributed by atoms with Gasteiger partial charge in [0.05, 0.1) is 21.3 Å². The number of aromatic hydroxyl groups is 1. The van der Waals surface area contributed by atoms with E-state index in [1.165, 1.54) is 7.11 Å². The average Bonchev–Trinajstić information content (AvgIpc) is 2.96. The second-order valence-electron chi connectivity index (χ2n) is 10.4. The molecular formula is C33H34N2O6. The number of anilines is 1. The van der Waals surface area contributed by atoms with Gasteiger partial charge >= 0.3 is 0 Å². The van der Waals surface area contributed by atoms with Crippen LogP contribution in [0.1, 0.15) is 48.3 Å². The number of ether oxygens (including phenoxy) is 3. The molecule has 2 atom stereocenters. The summed E-state index contributed by atoms with van der Waals surface area (Å²) < 4.78 is 16.1. The smallest absolute Gasteiger partial charge is 0.254 e. The molecule has 1 aliphatic heterocycles. The number of Topliss-reactive ketones (excluding diaryl/α,β-unsaturated/α-hetero) is 1. The Balaban J connectivity index is 1.56. The van der Waals surface area contributed by atoms with Gasteiger partial charge in [-0.3, -0.25) is 9.59 Å². The number of nitrogens with one attached hydrogen (secondary N) is 2.